The Morgan fingerprint density at radius 3 is 2.24 bits per heavy atom. The molecule has 0 saturated heterocycles. The fourth-order valence-electron chi connectivity index (χ4n) is 1.01. The van der Waals surface area contributed by atoms with Crippen LogP contribution in [0.25, 0.3) is 0 Å². The van der Waals surface area contributed by atoms with E-state index >= 15 is 0 Å². The summed E-state index contributed by atoms with van der Waals surface area (Å²) >= 11 is 0. The van der Waals surface area contributed by atoms with E-state index in [4.69, 9.17) is 10.8 Å². The number of aliphatic carboxylic acids is 1. The molecule has 0 bridgehead atoms. The van der Waals surface area contributed by atoms with Gasteiger partial charge >= 0.3 is 5.97 Å². The Hall–Kier alpha value is -1.64. The van der Waals surface area contributed by atoms with Crippen LogP contribution in [0.2, 0.25) is 0 Å². The van der Waals surface area contributed by atoms with Crippen LogP contribution in [0, 0.1) is 0 Å². The highest BCUT2D eigenvalue weighted by Crippen LogP contribution is 1.98. The molecule has 1 atom stereocenters. The van der Waals surface area contributed by atoms with Crippen LogP contribution < -0.4 is 11.1 Å². The molecule has 1 unspecified atom stereocenters. The Morgan fingerprint density at radius 2 is 1.88 bits per heavy atom. The van der Waals surface area contributed by atoms with Crippen molar-refractivity contribution < 1.29 is 27.9 Å². The summed E-state index contributed by atoms with van der Waals surface area (Å²) in [5.74, 6) is -4.20. The number of nitrogens with two attached hydrogens (primary N) is 1. The average molecular weight is 266 g/mol. The minimum Gasteiger partial charge on any atom is -0.480 e. The van der Waals surface area contributed by atoms with E-state index < -0.39 is 45.2 Å². The summed E-state index contributed by atoms with van der Waals surface area (Å²) < 4.78 is 22.8. The van der Waals surface area contributed by atoms with Crippen LogP contribution in [0.5, 0.6) is 0 Å². The molecule has 2 amide bonds. The van der Waals surface area contributed by atoms with Crippen LogP contribution in [-0.4, -0.2) is 48.9 Å². The molecule has 0 aliphatic heterocycles. The number of nitrogens with one attached hydrogen (secondary N) is 1. The molecule has 0 heterocycles. The van der Waals surface area contributed by atoms with Crippen molar-refractivity contribution in [3.8, 4) is 0 Å². The number of sulfone groups is 1. The number of carboxylic acid groups (broad SMARTS) is 1. The molecule has 0 radical (unpaired) electrons. The molecule has 9 heteroatoms. The van der Waals surface area contributed by atoms with Crippen molar-refractivity contribution >= 4 is 27.6 Å². The lowest BCUT2D eigenvalue weighted by molar-refractivity contribution is -0.140. The summed E-state index contributed by atoms with van der Waals surface area (Å²) in [6, 6.07) is -1.52. The average Bonchev–Trinajstić information content (AvgIpc) is 2.12. The number of carbonyl (C=O) groups is 3. The van der Waals surface area contributed by atoms with Crippen LogP contribution in [0.3, 0.4) is 0 Å². The number of carbonyl (C=O) groups excluding carboxylic acids is 2. The number of carboxylic acids is 1. The van der Waals surface area contributed by atoms with Gasteiger partial charge in [-0.1, -0.05) is 0 Å². The summed E-state index contributed by atoms with van der Waals surface area (Å²) in [6.07, 6.45) is -0.380. The van der Waals surface area contributed by atoms with E-state index in [1.165, 1.54) is 0 Å². The van der Waals surface area contributed by atoms with Crippen molar-refractivity contribution in [3.05, 3.63) is 0 Å². The monoisotopic (exact) mass is 266 g/mol. The fourth-order valence-corrected chi connectivity index (χ4v) is 2.43. The molecule has 0 aromatic heterocycles. The lowest BCUT2D eigenvalue weighted by Crippen LogP contribution is -2.45. The molecular weight excluding hydrogens is 252 g/mol. The second kappa shape index (κ2) is 6.18. The van der Waals surface area contributed by atoms with Gasteiger partial charge in [-0.05, 0) is 0 Å². The van der Waals surface area contributed by atoms with E-state index in [9.17, 15) is 22.8 Å². The summed E-state index contributed by atoms with van der Waals surface area (Å²) in [5.41, 5.74) is 4.78. The highest BCUT2D eigenvalue weighted by molar-refractivity contribution is 7.91. The topological polar surface area (TPSA) is 144 Å². The van der Waals surface area contributed by atoms with Gasteiger partial charge in [0.1, 0.15) is 6.04 Å². The molecule has 17 heavy (non-hydrogen) atoms. The Morgan fingerprint density at radius 1 is 1.35 bits per heavy atom. The Bertz CT molecular complexity index is 416. The summed E-state index contributed by atoms with van der Waals surface area (Å²) in [6.45, 7) is 1.08. The Balaban J connectivity index is 4.58. The highest BCUT2D eigenvalue weighted by atomic mass is 32.2. The zero-order chi connectivity index (χ0) is 13.6. The third-order valence-electron chi connectivity index (χ3n) is 1.76. The van der Waals surface area contributed by atoms with Crippen molar-refractivity contribution in [2.24, 2.45) is 5.73 Å². The molecule has 4 N–H and O–H groups in total. The first-order chi connectivity index (χ1) is 7.64. The molecule has 98 valence electrons. The highest BCUT2D eigenvalue weighted by Gasteiger charge is 2.26. The van der Waals surface area contributed by atoms with Gasteiger partial charge in [-0.3, -0.25) is 9.59 Å². The molecule has 0 aliphatic rings. The zero-order valence-corrected chi connectivity index (χ0v) is 9.99. The second-order valence-corrected chi connectivity index (χ2v) is 5.65. The fraction of sp³-hybridized carbons (Fsp3) is 0.625. The Kier molecular flexibility index (Phi) is 5.59. The van der Waals surface area contributed by atoms with Gasteiger partial charge < -0.3 is 16.2 Å². The van der Waals surface area contributed by atoms with E-state index in [2.05, 4.69) is 0 Å². The van der Waals surface area contributed by atoms with Gasteiger partial charge in [0.15, 0.2) is 9.84 Å². The SMILES string of the molecule is CC(=O)NC(CS(=O)(=O)CCC(N)=O)C(=O)O. The van der Waals surface area contributed by atoms with Crippen LogP contribution in [0.1, 0.15) is 13.3 Å². The molecule has 0 aromatic rings. The van der Waals surface area contributed by atoms with Gasteiger partial charge in [-0.25, -0.2) is 13.2 Å². The second-order valence-electron chi connectivity index (χ2n) is 3.42. The third-order valence-corrected chi connectivity index (χ3v) is 3.42. The van der Waals surface area contributed by atoms with Gasteiger partial charge in [-0.15, -0.1) is 0 Å². The smallest absolute Gasteiger partial charge is 0.327 e. The maximum atomic E-state index is 11.4. The molecule has 0 saturated carbocycles. The van der Waals surface area contributed by atoms with Gasteiger partial charge in [0.2, 0.25) is 11.8 Å². The van der Waals surface area contributed by atoms with Crippen molar-refractivity contribution in [2.75, 3.05) is 11.5 Å². The molecule has 0 aromatic carbocycles. The number of amides is 2. The predicted molar refractivity (Wildman–Crippen MR) is 57.7 cm³/mol. The first kappa shape index (κ1) is 15.4. The van der Waals surface area contributed by atoms with Gasteiger partial charge in [0.25, 0.3) is 0 Å². The largest absolute Gasteiger partial charge is 0.480 e. The van der Waals surface area contributed by atoms with Crippen molar-refractivity contribution in [3.63, 3.8) is 0 Å². The van der Waals surface area contributed by atoms with Crippen molar-refractivity contribution in [2.45, 2.75) is 19.4 Å². The first-order valence-electron chi connectivity index (χ1n) is 4.62. The normalized spacial score (nSPS) is 12.8. The van der Waals surface area contributed by atoms with E-state index in [0.29, 0.717) is 0 Å². The van der Waals surface area contributed by atoms with Crippen LogP contribution in [0.4, 0.5) is 0 Å². The summed E-state index contributed by atoms with van der Waals surface area (Å²) in [4.78, 5) is 31.8. The van der Waals surface area contributed by atoms with E-state index in [1.807, 2.05) is 5.32 Å². The predicted octanol–water partition coefficient (Wildman–Crippen LogP) is -2.13. The van der Waals surface area contributed by atoms with Crippen LogP contribution in [0.15, 0.2) is 0 Å². The van der Waals surface area contributed by atoms with Gasteiger partial charge in [0.05, 0.1) is 11.5 Å². The molecule has 0 fully saturated rings. The zero-order valence-electron chi connectivity index (χ0n) is 9.17. The van der Waals surface area contributed by atoms with Crippen molar-refractivity contribution in [1.82, 2.24) is 5.32 Å². The third kappa shape index (κ3) is 7.28. The number of hydrogen-bond acceptors (Lipinski definition) is 5. The minimum absolute atomic E-state index is 0.380. The number of hydrogen-bond donors (Lipinski definition) is 3. The van der Waals surface area contributed by atoms with E-state index in [1.54, 1.807) is 0 Å². The number of rotatable bonds is 7. The van der Waals surface area contributed by atoms with Crippen molar-refractivity contribution in [1.29, 1.82) is 0 Å². The minimum atomic E-state index is -3.76. The van der Waals surface area contributed by atoms with E-state index in [0.717, 1.165) is 6.92 Å². The molecule has 8 nitrogen and oxygen atoms in total. The number of primary amides is 1. The van der Waals surface area contributed by atoms with Gasteiger partial charge in [-0.2, -0.15) is 0 Å². The maximum absolute atomic E-state index is 11.4. The lowest BCUT2D eigenvalue weighted by atomic mass is 10.3. The van der Waals surface area contributed by atoms with Gasteiger partial charge in [0, 0.05) is 13.3 Å². The molecule has 0 spiro atoms. The molecule has 0 rings (SSSR count). The first-order valence-corrected chi connectivity index (χ1v) is 6.45. The molecule has 0 aliphatic carbocycles. The summed E-state index contributed by atoms with van der Waals surface area (Å²) in [7, 11) is -3.76. The van der Waals surface area contributed by atoms with Crippen LogP contribution >= 0.6 is 0 Å². The Labute approximate surface area is 98.1 Å². The molecular formula is C8H14N2O6S. The lowest BCUT2D eigenvalue weighted by Gasteiger charge is -2.13. The maximum Gasteiger partial charge on any atom is 0.327 e. The van der Waals surface area contributed by atoms with E-state index in [-0.39, 0.29) is 6.42 Å². The quantitative estimate of drug-likeness (QED) is 0.480. The summed E-state index contributed by atoms with van der Waals surface area (Å²) in [5, 5.41) is 10.7. The van der Waals surface area contributed by atoms with Crippen LogP contribution in [-0.2, 0) is 24.2 Å². The standard InChI is InChI=1S/C8H14N2O6S/c1-5(11)10-6(8(13)14)4-17(15,16)3-2-7(9)12/h6H,2-4H2,1H3,(H2,9,12)(H,10,11)(H,13,14).